The first kappa shape index (κ1) is 30.9. The summed E-state index contributed by atoms with van der Waals surface area (Å²) in [5.74, 6) is 0.655. The molecule has 5 heteroatoms. The zero-order valence-corrected chi connectivity index (χ0v) is 31.2. The van der Waals surface area contributed by atoms with Crippen LogP contribution in [0.5, 0.6) is 0 Å². The van der Waals surface area contributed by atoms with Gasteiger partial charge in [-0.1, -0.05) is 121 Å². The van der Waals surface area contributed by atoms with Crippen molar-refractivity contribution in [1.29, 1.82) is 0 Å². The number of aromatic nitrogens is 2. The lowest BCUT2D eigenvalue weighted by Gasteiger charge is -2.35. The van der Waals surface area contributed by atoms with Gasteiger partial charge >= 0.3 is 0 Å². The molecular weight excluding hydrogens is 715 g/mol. The van der Waals surface area contributed by atoms with Crippen LogP contribution >= 0.6 is 11.3 Å². The molecule has 0 radical (unpaired) electrons. The number of para-hydroxylation sites is 1. The quantitative estimate of drug-likeness (QED) is 0.181. The van der Waals surface area contributed by atoms with E-state index in [4.69, 9.17) is 14.4 Å². The zero-order chi connectivity index (χ0) is 37.2. The van der Waals surface area contributed by atoms with Crippen LogP contribution < -0.4 is 4.90 Å². The first-order valence-electron chi connectivity index (χ1n) is 19.2. The number of anilines is 3. The Balaban J connectivity index is 1.13. The molecule has 0 spiro atoms. The van der Waals surface area contributed by atoms with Gasteiger partial charge < -0.3 is 9.32 Å². The van der Waals surface area contributed by atoms with Gasteiger partial charge in [-0.25, -0.2) is 9.97 Å². The zero-order valence-electron chi connectivity index (χ0n) is 30.4. The molecule has 13 rings (SSSR count). The number of rotatable bonds is 3. The highest BCUT2D eigenvalue weighted by Gasteiger charge is 2.29. The fourth-order valence-electron chi connectivity index (χ4n) is 9.23. The maximum absolute atomic E-state index is 6.67. The van der Waals surface area contributed by atoms with Gasteiger partial charge in [0, 0.05) is 53.0 Å². The first-order chi connectivity index (χ1) is 28.2. The molecule has 264 valence electrons. The third-order valence-corrected chi connectivity index (χ3v) is 12.9. The number of hydrogen-bond donors (Lipinski definition) is 0. The van der Waals surface area contributed by atoms with Gasteiger partial charge in [-0.05, 0) is 81.7 Å². The minimum absolute atomic E-state index is 0.655. The summed E-state index contributed by atoms with van der Waals surface area (Å²) < 4.78 is 9.14. The van der Waals surface area contributed by atoms with Crippen LogP contribution in [-0.4, -0.2) is 9.97 Å². The smallest absolute Gasteiger partial charge is 0.180 e. The van der Waals surface area contributed by atoms with Gasteiger partial charge in [0.1, 0.15) is 16.8 Å². The van der Waals surface area contributed by atoms with Crippen molar-refractivity contribution in [3.63, 3.8) is 0 Å². The topological polar surface area (TPSA) is 42.2 Å². The van der Waals surface area contributed by atoms with Gasteiger partial charge in [-0.15, -0.1) is 11.3 Å². The molecule has 0 fully saturated rings. The highest BCUT2D eigenvalue weighted by molar-refractivity contribution is 7.25. The van der Waals surface area contributed by atoms with Crippen LogP contribution in [0.15, 0.2) is 180 Å². The van der Waals surface area contributed by atoms with Gasteiger partial charge in [0.05, 0.1) is 17.1 Å². The van der Waals surface area contributed by atoms with Gasteiger partial charge in [0.25, 0.3) is 0 Å². The predicted octanol–water partition coefficient (Wildman–Crippen LogP) is 15.0. The standard InChI is InChI=1S/C52H29N3OS/c1-2-13-32-28-43-40(27-31(32)12-1)36-20-9-15-30-16-10-22-41(47(30)36)55(43)42-29-34(26-33-14-3-4-17-35(33)42)52-53-49-37-18-5-7-23-44(37)56-51(49)50(54-52)39-21-11-25-46-48(39)38-19-6-8-24-45(38)57-46/h1-29H. The minimum Gasteiger partial charge on any atom is -0.452 e. The molecule has 0 atom stereocenters. The normalized spacial score (nSPS) is 12.5. The van der Waals surface area contributed by atoms with Crippen LogP contribution in [0.3, 0.4) is 0 Å². The average Bonchev–Trinajstić information content (AvgIpc) is 3.84. The van der Waals surface area contributed by atoms with Crippen LogP contribution in [0.25, 0.3) is 108 Å². The van der Waals surface area contributed by atoms with Crippen molar-refractivity contribution >= 4 is 103 Å². The summed E-state index contributed by atoms with van der Waals surface area (Å²) in [7, 11) is 0. The lowest BCUT2D eigenvalue weighted by Crippen LogP contribution is -2.15. The molecule has 0 amide bonds. The summed E-state index contributed by atoms with van der Waals surface area (Å²) in [5.41, 5.74) is 10.9. The molecule has 9 aromatic carbocycles. The molecule has 0 N–H and O–H groups in total. The Labute approximate surface area is 330 Å². The fraction of sp³-hybridized carbons (Fsp3) is 0. The molecule has 1 aliphatic rings. The van der Waals surface area contributed by atoms with E-state index in [1.165, 1.54) is 52.8 Å². The Morgan fingerprint density at radius 3 is 2.02 bits per heavy atom. The Kier molecular flexibility index (Phi) is 6.29. The van der Waals surface area contributed by atoms with Crippen molar-refractivity contribution in [3.05, 3.63) is 176 Å². The van der Waals surface area contributed by atoms with Crippen LogP contribution in [0.2, 0.25) is 0 Å². The molecule has 0 saturated heterocycles. The van der Waals surface area contributed by atoms with Crippen LogP contribution in [0.1, 0.15) is 0 Å². The number of thiophene rings is 1. The minimum atomic E-state index is 0.655. The first-order valence-corrected chi connectivity index (χ1v) is 20.0. The highest BCUT2D eigenvalue weighted by atomic mass is 32.1. The molecule has 3 aromatic heterocycles. The summed E-state index contributed by atoms with van der Waals surface area (Å²) >= 11 is 1.81. The molecule has 0 aliphatic carbocycles. The van der Waals surface area contributed by atoms with E-state index in [0.29, 0.717) is 11.4 Å². The van der Waals surface area contributed by atoms with Crippen LogP contribution in [-0.2, 0) is 0 Å². The van der Waals surface area contributed by atoms with Crippen molar-refractivity contribution < 1.29 is 4.42 Å². The molecule has 0 unspecified atom stereocenters. The number of fused-ring (bicyclic) bond motifs is 10. The SMILES string of the molecule is c1ccc2cc3c(cc2c1)-c1cccc2cccc(c12)N3c1cc(-c2nc(-c3cccc4sc5ccccc5c34)c3oc4ccccc4c3n2)cc2ccccc12. The van der Waals surface area contributed by atoms with Crippen molar-refractivity contribution in [2.24, 2.45) is 0 Å². The summed E-state index contributed by atoms with van der Waals surface area (Å²) in [4.78, 5) is 13.4. The molecule has 12 aromatic rings. The summed E-state index contributed by atoms with van der Waals surface area (Å²) in [6.45, 7) is 0. The molecule has 4 heterocycles. The van der Waals surface area contributed by atoms with E-state index in [-0.39, 0.29) is 0 Å². The molecular formula is C52H29N3OS. The third kappa shape index (κ3) is 4.43. The second-order valence-electron chi connectivity index (χ2n) is 14.9. The second-order valence-corrected chi connectivity index (χ2v) is 16.0. The van der Waals surface area contributed by atoms with Crippen molar-refractivity contribution in [1.82, 2.24) is 9.97 Å². The second kappa shape index (κ2) is 11.6. The van der Waals surface area contributed by atoms with E-state index < -0.39 is 0 Å². The average molecular weight is 744 g/mol. The maximum Gasteiger partial charge on any atom is 0.180 e. The van der Waals surface area contributed by atoms with Crippen molar-refractivity contribution in [2.75, 3.05) is 4.90 Å². The molecule has 0 saturated carbocycles. The number of hydrogen-bond acceptors (Lipinski definition) is 5. The van der Waals surface area contributed by atoms with Crippen molar-refractivity contribution in [2.45, 2.75) is 0 Å². The van der Waals surface area contributed by atoms with Gasteiger partial charge in [-0.3, -0.25) is 0 Å². The Morgan fingerprint density at radius 2 is 1.12 bits per heavy atom. The molecule has 4 nitrogen and oxygen atoms in total. The Morgan fingerprint density at radius 1 is 0.439 bits per heavy atom. The van der Waals surface area contributed by atoms with Gasteiger partial charge in [0.15, 0.2) is 11.4 Å². The van der Waals surface area contributed by atoms with Gasteiger partial charge in [-0.2, -0.15) is 0 Å². The van der Waals surface area contributed by atoms with Crippen molar-refractivity contribution in [3.8, 4) is 33.8 Å². The molecule has 57 heavy (non-hydrogen) atoms. The fourth-order valence-corrected chi connectivity index (χ4v) is 10.4. The third-order valence-electron chi connectivity index (χ3n) is 11.7. The van der Waals surface area contributed by atoms with Crippen LogP contribution in [0, 0.1) is 0 Å². The highest BCUT2D eigenvalue weighted by Crippen LogP contribution is 2.54. The summed E-state index contributed by atoms with van der Waals surface area (Å²) in [6.07, 6.45) is 0. The van der Waals surface area contributed by atoms with E-state index in [0.717, 1.165) is 61.1 Å². The predicted molar refractivity (Wildman–Crippen MR) is 239 cm³/mol. The Bertz CT molecular complexity index is 3670. The molecule has 0 bridgehead atoms. The lowest BCUT2D eigenvalue weighted by molar-refractivity contribution is 0.667. The maximum atomic E-state index is 6.67. The Hall–Kier alpha value is -7.34. The largest absolute Gasteiger partial charge is 0.452 e. The number of furan rings is 1. The summed E-state index contributed by atoms with van der Waals surface area (Å²) in [6, 6.07) is 63.2. The monoisotopic (exact) mass is 743 g/mol. The van der Waals surface area contributed by atoms with E-state index >= 15 is 0 Å². The van der Waals surface area contributed by atoms with Crippen LogP contribution in [0.4, 0.5) is 17.1 Å². The van der Waals surface area contributed by atoms with E-state index in [2.05, 4.69) is 169 Å². The lowest BCUT2D eigenvalue weighted by atomic mass is 9.88. The summed E-state index contributed by atoms with van der Waals surface area (Å²) in [5, 5.41) is 10.5. The molecule has 1 aliphatic heterocycles. The van der Waals surface area contributed by atoms with E-state index in [1.807, 2.05) is 23.5 Å². The van der Waals surface area contributed by atoms with E-state index in [9.17, 15) is 0 Å². The number of nitrogens with zero attached hydrogens (tertiary/aromatic N) is 3. The number of benzene rings is 9. The van der Waals surface area contributed by atoms with Gasteiger partial charge in [0.2, 0.25) is 0 Å². The van der Waals surface area contributed by atoms with E-state index in [1.54, 1.807) is 0 Å².